The number of hydrogen-bond donors (Lipinski definition) is 0. The van der Waals surface area contributed by atoms with Crippen molar-refractivity contribution in [3.8, 4) is 0 Å². The van der Waals surface area contributed by atoms with E-state index in [0.29, 0.717) is 6.61 Å². The van der Waals surface area contributed by atoms with Gasteiger partial charge in [0.25, 0.3) is 5.91 Å². The summed E-state index contributed by atoms with van der Waals surface area (Å²) in [5.74, 6) is 0.161. The number of rotatable bonds is 3. The maximum Gasteiger partial charge on any atom is 0.264 e. The van der Waals surface area contributed by atoms with Crippen LogP contribution < -0.4 is 0 Å². The van der Waals surface area contributed by atoms with Crippen molar-refractivity contribution in [2.45, 2.75) is 58.7 Å². The topological polar surface area (TPSA) is 47.4 Å². The third kappa shape index (κ3) is 2.91. The van der Waals surface area contributed by atoms with Gasteiger partial charge in [-0.2, -0.15) is 5.10 Å². The lowest BCUT2D eigenvalue weighted by atomic mass is 9.95. The van der Waals surface area contributed by atoms with E-state index < -0.39 is 0 Å². The second-order valence-corrected chi connectivity index (χ2v) is 7.79. The van der Waals surface area contributed by atoms with Crippen molar-refractivity contribution in [3.63, 3.8) is 0 Å². The Kier molecular flexibility index (Phi) is 4.65. The van der Waals surface area contributed by atoms with E-state index in [0.717, 1.165) is 61.5 Å². The maximum atomic E-state index is 13.2. The number of ether oxygens (including phenoxy) is 1. The number of thiophene rings is 1. The van der Waals surface area contributed by atoms with Gasteiger partial charge in [-0.1, -0.05) is 0 Å². The lowest BCUT2D eigenvalue weighted by molar-refractivity contribution is 0.0600. The van der Waals surface area contributed by atoms with Gasteiger partial charge in [0.1, 0.15) is 0 Å². The molecule has 2 aliphatic heterocycles. The normalized spacial score (nSPS) is 20.6. The first-order chi connectivity index (χ1) is 12.2. The van der Waals surface area contributed by atoms with E-state index in [-0.39, 0.29) is 11.9 Å². The zero-order valence-corrected chi connectivity index (χ0v) is 15.8. The molecule has 1 saturated heterocycles. The summed E-state index contributed by atoms with van der Waals surface area (Å²) in [6.07, 6.45) is 4.12. The van der Waals surface area contributed by atoms with Crippen LogP contribution in [0.4, 0.5) is 0 Å². The number of hydrogen-bond acceptors (Lipinski definition) is 4. The molecule has 2 aliphatic rings. The predicted octanol–water partition coefficient (Wildman–Crippen LogP) is 3.71. The Labute approximate surface area is 152 Å². The molecule has 0 N–H and O–H groups in total. The van der Waals surface area contributed by atoms with Crippen LogP contribution in [0.5, 0.6) is 0 Å². The van der Waals surface area contributed by atoms with E-state index in [4.69, 9.17) is 9.84 Å². The second kappa shape index (κ2) is 6.92. The summed E-state index contributed by atoms with van der Waals surface area (Å²) in [5.41, 5.74) is 4.66. The summed E-state index contributed by atoms with van der Waals surface area (Å²) in [6.45, 7) is 7.22. The number of aryl methyl sites for hydroxylation is 2. The SMILES string of the molecule is CCn1nc(C2CCCCN2C(=O)c2sccc2C)c2c1CCOC2. The molecule has 1 fully saturated rings. The number of carbonyl (C=O) groups is 1. The number of piperidine rings is 1. The monoisotopic (exact) mass is 359 g/mol. The Morgan fingerprint density at radius 2 is 2.32 bits per heavy atom. The number of likely N-dealkylation sites (tertiary alicyclic amines) is 1. The fourth-order valence-corrected chi connectivity index (χ4v) is 4.93. The Bertz CT molecular complexity index is 780. The predicted molar refractivity (Wildman–Crippen MR) is 97.9 cm³/mol. The number of carbonyl (C=O) groups excluding carboxylic acids is 1. The van der Waals surface area contributed by atoms with Gasteiger partial charge >= 0.3 is 0 Å². The molecular formula is C19H25N3O2S. The van der Waals surface area contributed by atoms with Crippen molar-refractivity contribution in [2.75, 3.05) is 13.2 Å². The highest BCUT2D eigenvalue weighted by atomic mass is 32.1. The third-order valence-electron chi connectivity index (χ3n) is 5.36. The van der Waals surface area contributed by atoms with Gasteiger partial charge in [-0.25, -0.2) is 0 Å². The second-order valence-electron chi connectivity index (χ2n) is 6.87. The minimum atomic E-state index is 0.0750. The minimum absolute atomic E-state index is 0.0750. The first kappa shape index (κ1) is 16.8. The van der Waals surface area contributed by atoms with Gasteiger partial charge in [0.15, 0.2) is 0 Å². The molecular weight excluding hydrogens is 334 g/mol. The lowest BCUT2D eigenvalue weighted by Gasteiger charge is -2.35. The molecule has 25 heavy (non-hydrogen) atoms. The molecule has 1 amide bonds. The van der Waals surface area contributed by atoms with Crippen molar-refractivity contribution in [2.24, 2.45) is 0 Å². The van der Waals surface area contributed by atoms with Crippen molar-refractivity contribution in [1.29, 1.82) is 0 Å². The molecule has 6 heteroatoms. The average molecular weight is 359 g/mol. The smallest absolute Gasteiger partial charge is 0.264 e. The van der Waals surface area contributed by atoms with Crippen molar-refractivity contribution < 1.29 is 9.53 Å². The van der Waals surface area contributed by atoms with E-state index in [1.54, 1.807) is 11.3 Å². The number of nitrogens with zero attached hydrogens (tertiary/aromatic N) is 3. The number of amides is 1. The van der Waals surface area contributed by atoms with E-state index >= 15 is 0 Å². The summed E-state index contributed by atoms with van der Waals surface area (Å²) in [4.78, 5) is 16.1. The van der Waals surface area contributed by atoms with Crippen LogP contribution in [-0.4, -0.2) is 33.7 Å². The molecule has 0 aromatic carbocycles. The lowest BCUT2D eigenvalue weighted by Crippen LogP contribution is -2.39. The first-order valence-corrected chi connectivity index (χ1v) is 10.1. The zero-order valence-electron chi connectivity index (χ0n) is 15.0. The fraction of sp³-hybridized carbons (Fsp3) is 0.579. The van der Waals surface area contributed by atoms with Crippen LogP contribution in [0.2, 0.25) is 0 Å². The van der Waals surface area contributed by atoms with Crippen LogP contribution >= 0.6 is 11.3 Å². The Morgan fingerprint density at radius 1 is 1.44 bits per heavy atom. The summed E-state index contributed by atoms with van der Waals surface area (Å²) >= 11 is 1.55. The minimum Gasteiger partial charge on any atom is -0.376 e. The highest BCUT2D eigenvalue weighted by Gasteiger charge is 2.35. The Morgan fingerprint density at radius 3 is 3.08 bits per heavy atom. The van der Waals surface area contributed by atoms with Gasteiger partial charge in [0.2, 0.25) is 0 Å². The quantitative estimate of drug-likeness (QED) is 0.839. The van der Waals surface area contributed by atoms with Gasteiger partial charge < -0.3 is 9.64 Å². The summed E-state index contributed by atoms with van der Waals surface area (Å²) in [6, 6.07) is 2.10. The summed E-state index contributed by atoms with van der Waals surface area (Å²) in [7, 11) is 0. The van der Waals surface area contributed by atoms with Crippen LogP contribution in [0.25, 0.3) is 0 Å². The van der Waals surface area contributed by atoms with Crippen LogP contribution in [0.3, 0.4) is 0 Å². The number of fused-ring (bicyclic) bond motifs is 1. The van der Waals surface area contributed by atoms with E-state index in [1.807, 2.05) is 18.4 Å². The standard InChI is InChI=1S/C19H25N3O2S/c1-3-22-15-7-10-24-12-14(15)17(20-22)16-6-4-5-9-21(16)19(23)18-13(2)8-11-25-18/h8,11,16H,3-7,9-10,12H2,1-2H3. The molecule has 1 unspecified atom stereocenters. The third-order valence-corrected chi connectivity index (χ3v) is 6.37. The summed E-state index contributed by atoms with van der Waals surface area (Å²) < 4.78 is 7.83. The molecule has 0 aliphatic carbocycles. The molecule has 0 radical (unpaired) electrons. The Balaban J connectivity index is 1.71. The van der Waals surface area contributed by atoms with Gasteiger partial charge in [0.05, 0.1) is 29.8 Å². The maximum absolute atomic E-state index is 13.2. The molecule has 0 bridgehead atoms. The van der Waals surface area contributed by atoms with Crippen LogP contribution in [0.15, 0.2) is 11.4 Å². The number of aromatic nitrogens is 2. The molecule has 4 rings (SSSR count). The molecule has 4 heterocycles. The molecule has 1 atom stereocenters. The highest BCUT2D eigenvalue weighted by molar-refractivity contribution is 7.12. The first-order valence-electron chi connectivity index (χ1n) is 9.22. The van der Waals surface area contributed by atoms with Gasteiger partial charge in [-0.05, 0) is 50.1 Å². The van der Waals surface area contributed by atoms with Crippen molar-refractivity contribution >= 4 is 17.2 Å². The van der Waals surface area contributed by atoms with Gasteiger partial charge in [-0.3, -0.25) is 9.48 Å². The average Bonchev–Trinajstić information content (AvgIpc) is 3.24. The highest BCUT2D eigenvalue weighted by Crippen LogP contribution is 2.36. The Hall–Kier alpha value is -1.66. The molecule has 0 spiro atoms. The van der Waals surface area contributed by atoms with Crippen molar-refractivity contribution in [3.05, 3.63) is 38.8 Å². The molecule has 134 valence electrons. The van der Waals surface area contributed by atoms with Crippen LogP contribution in [-0.2, 0) is 24.3 Å². The largest absolute Gasteiger partial charge is 0.376 e. The van der Waals surface area contributed by atoms with Crippen LogP contribution in [0.1, 0.15) is 64.4 Å². The van der Waals surface area contributed by atoms with E-state index in [9.17, 15) is 4.79 Å². The van der Waals surface area contributed by atoms with E-state index in [1.165, 1.54) is 11.3 Å². The zero-order chi connectivity index (χ0) is 17.4. The molecule has 2 aromatic heterocycles. The molecule has 0 saturated carbocycles. The van der Waals surface area contributed by atoms with E-state index in [2.05, 4.69) is 16.5 Å². The van der Waals surface area contributed by atoms with Gasteiger partial charge in [0, 0.05) is 30.8 Å². The molecule has 5 nitrogen and oxygen atoms in total. The molecule has 2 aromatic rings. The van der Waals surface area contributed by atoms with Crippen LogP contribution in [0, 0.1) is 6.92 Å². The fourth-order valence-electron chi connectivity index (χ4n) is 4.05. The van der Waals surface area contributed by atoms with Crippen molar-refractivity contribution in [1.82, 2.24) is 14.7 Å². The summed E-state index contributed by atoms with van der Waals surface area (Å²) in [5, 5.41) is 6.92. The van der Waals surface area contributed by atoms with Gasteiger partial charge in [-0.15, -0.1) is 11.3 Å².